The van der Waals surface area contributed by atoms with Gasteiger partial charge in [-0.25, -0.2) is 0 Å². The summed E-state index contributed by atoms with van der Waals surface area (Å²) in [5, 5.41) is 14.0. The summed E-state index contributed by atoms with van der Waals surface area (Å²) >= 11 is 3.55. The summed E-state index contributed by atoms with van der Waals surface area (Å²) in [6.07, 6.45) is 0.424. The first-order chi connectivity index (χ1) is 14.2. The largest absolute Gasteiger partial charge is 0.508 e. The molecular weight excluding hydrogens is 432 g/mol. The molecule has 2 N–H and O–H groups in total. The molecule has 0 spiro atoms. The number of para-hydroxylation sites is 1. The number of aromatic hydroxyl groups is 1. The van der Waals surface area contributed by atoms with Crippen LogP contribution in [0.25, 0.3) is 0 Å². The zero-order valence-corrected chi connectivity index (χ0v) is 17.1. The lowest BCUT2D eigenvalue weighted by Gasteiger charge is -2.31. The third kappa shape index (κ3) is 3.61. The number of hydrogen-bond donors (Lipinski definition) is 2. The van der Waals surface area contributed by atoms with Crippen molar-refractivity contribution in [1.29, 1.82) is 0 Å². The molecule has 2 aliphatic heterocycles. The number of nitrogens with one attached hydrogen (secondary N) is 1. The van der Waals surface area contributed by atoms with Gasteiger partial charge in [0, 0.05) is 28.2 Å². The van der Waals surface area contributed by atoms with Gasteiger partial charge in [-0.2, -0.15) is 0 Å². The molecular formula is C23H19BrN2O3. The fraction of sp³-hybridized carbons (Fsp3) is 0.174. The summed E-state index contributed by atoms with van der Waals surface area (Å²) in [5.41, 5.74) is 3.87. The Hall–Kier alpha value is -2.83. The molecule has 5 rings (SSSR count). The Balaban J connectivity index is 1.57. The maximum absolute atomic E-state index is 10.4. The second kappa shape index (κ2) is 7.54. The number of phenolic OH excluding ortho intramolecular Hbond substituents is 1. The van der Waals surface area contributed by atoms with Crippen LogP contribution in [0, 0.1) is 0 Å². The van der Waals surface area contributed by atoms with Crippen LogP contribution in [0.2, 0.25) is 0 Å². The molecule has 0 saturated carbocycles. The fourth-order valence-corrected chi connectivity index (χ4v) is 4.20. The van der Waals surface area contributed by atoms with Gasteiger partial charge in [0.05, 0.1) is 0 Å². The maximum atomic E-state index is 10.4. The van der Waals surface area contributed by atoms with Crippen LogP contribution in [0.3, 0.4) is 0 Å². The fourth-order valence-electron chi connectivity index (χ4n) is 3.79. The molecule has 0 bridgehead atoms. The molecule has 3 aromatic rings. The Morgan fingerprint density at radius 2 is 1.83 bits per heavy atom. The Bertz CT molecular complexity index is 1100. The van der Waals surface area contributed by atoms with Crippen LogP contribution in [0.15, 0.2) is 76.2 Å². The van der Waals surface area contributed by atoms with Gasteiger partial charge in [0.1, 0.15) is 11.9 Å². The van der Waals surface area contributed by atoms with E-state index in [-0.39, 0.29) is 24.8 Å². The van der Waals surface area contributed by atoms with Crippen molar-refractivity contribution in [2.45, 2.75) is 18.6 Å². The first-order valence-corrected chi connectivity index (χ1v) is 10.2. The van der Waals surface area contributed by atoms with Crippen molar-refractivity contribution in [2.75, 3.05) is 6.79 Å². The maximum Gasteiger partial charge on any atom is 0.231 e. The zero-order valence-electron chi connectivity index (χ0n) is 15.5. The van der Waals surface area contributed by atoms with Crippen LogP contribution in [0.1, 0.15) is 35.3 Å². The molecule has 0 aliphatic carbocycles. The number of halogens is 1. The van der Waals surface area contributed by atoms with E-state index in [1.54, 1.807) is 6.07 Å². The number of fused-ring (bicyclic) bond motifs is 1. The summed E-state index contributed by atoms with van der Waals surface area (Å²) in [6.45, 7) is 0.244. The topological polar surface area (TPSA) is 63.1 Å². The Kier molecular flexibility index (Phi) is 4.73. The molecule has 3 aromatic carbocycles. The number of aliphatic imine (C=N–C) groups is 1. The minimum atomic E-state index is -0.230. The quantitative estimate of drug-likeness (QED) is 0.582. The van der Waals surface area contributed by atoms with Crippen molar-refractivity contribution < 1.29 is 14.6 Å². The first-order valence-electron chi connectivity index (χ1n) is 9.43. The van der Waals surface area contributed by atoms with Crippen LogP contribution in [0.4, 0.5) is 0 Å². The van der Waals surface area contributed by atoms with E-state index in [0.717, 1.165) is 38.4 Å². The predicted octanol–water partition coefficient (Wildman–Crippen LogP) is 5.11. The van der Waals surface area contributed by atoms with Gasteiger partial charge in [0.25, 0.3) is 0 Å². The molecule has 2 atom stereocenters. The van der Waals surface area contributed by atoms with Gasteiger partial charge in [-0.3, -0.25) is 10.3 Å². The average Bonchev–Trinajstić information content (AvgIpc) is 3.22. The van der Waals surface area contributed by atoms with Crippen molar-refractivity contribution in [2.24, 2.45) is 4.99 Å². The number of ether oxygens (including phenoxy) is 2. The van der Waals surface area contributed by atoms with Gasteiger partial charge < -0.3 is 14.6 Å². The molecule has 2 aliphatic rings. The third-order valence-electron chi connectivity index (χ3n) is 5.22. The Morgan fingerprint density at radius 3 is 2.69 bits per heavy atom. The first kappa shape index (κ1) is 18.2. The smallest absolute Gasteiger partial charge is 0.231 e. The second-order valence-electron chi connectivity index (χ2n) is 7.08. The summed E-state index contributed by atoms with van der Waals surface area (Å²) < 4.78 is 12.0. The molecule has 0 amide bonds. The lowest BCUT2D eigenvalue weighted by molar-refractivity contribution is 0.174. The highest BCUT2D eigenvalue weighted by Gasteiger charge is 2.28. The van der Waals surface area contributed by atoms with E-state index >= 15 is 0 Å². The number of nitrogens with zero attached hydrogens (tertiary/aromatic N) is 1. The van der Waals surface area contributed by atoms with Gasteiger partial charge in [-0.05, 0) is 47.5 Å². The predicted molar refractivity (Wildman–Crippen MR) is 115 cm³/mol. The number of benzene rings is 3. The average molecular weight is 451 g/mol. The van der Waals surface area contributed by atoms with Crippen LogP contribution in [-0.2, 0) is 0 Å². The SMILES string of the molecule is Oc1ccccc1[C@H]1CC(c2ccc3c(c2)OCO3)=N[C@H](c2cccc(Br)c2)N1. The Morgan fingerprint density at radius 1 is 0.966 bits per heavy atom. The van der Waals surface area contributed by atoms with Gasteiger partial charge in [0.2, 0.25) is 6.79 Å². The van der Waals surface area contributed by atoms with Crippen molar-refractivity contribution in [3.05, 3.63) is 87.9 Å². The number of hydrogen-bond acceptors (Lipinski definition) is 5. The van der Waals surface area contributed by atoms with Gasteiger partial charge in [0.15, 0.2) is 11.5 Å². The molecule has 6 heteroatoms. The highest BCUT2D eigenvalue weighted by Crippen LogP contribution is 2.37. The summed E-state index contributed by atoms with van der Waals surface area (Å²) in [4.78, 5) is 5.00. The minimum Gasteiger partial charge on any atom is -0.508 e. The van der Waals surface area contributed by atoms with Gasteiger partial charge >= 0.3 is 0 Å². The lowest BCUT2D eigenvalue weighted by Crippen LogP contribution is -2.33. The standard InChI is InChI=1S/C23H19BrN2O3/c24-16-5-3-4-15(10-16)23-25-18(14-8-9-21-22(11-14)29-13-28-21)12-19(26-23)17-6-1-2-7-20(17)27/h1-11,19,23,26-27H,12-13H2/t19-,23+/m1/s1. The Labute approximate surface area is 177 Å². The number of phenols is 1. The summed E-state index contributed by atoms with van der Waals surface area (Å²) in [6, 6.07) is 21.4. The summed E-state index contributed by atoms with van der Waals surface area (Å²) in [7, 11) is 0. The highest BCUT2D eigenvalue weighted by atomic mass is 79.9. The molecule has 0 fully saturated rings. The van der Waals surface area contributed by atoms with Crippen LogP contribution >= 0.6 is 15.9 Å². The van der Waals surface area contributed by atoms with E-state index in [1.807, 2.05) is 48.5 Å². The highest BCUT2D eigenvalue weighted by molar-refractivity contribution is 9.10. The molecule has 5 nitrogen and oxygen atoms in total. The van der Waals surface area contributed by atoms with E-state index < -0.39 is 0 Å². The van der Waals surface area contributed by atoms with Gasteiger partial charge in [-0.1, -0.05) is 46.3 Å². The molecule has 0 aromatic heterocycles. The lowest BCUT2D eigenvalue weighted by atomic mass is 9.93. The van der Waals surface area contributed by atoms with Crippen molar-refractivity contribution in [1.82, 2.24) is 5.32 Å². The minimum absolute atomic E-state index is 0.0712. The van der Waals surface area contributed by atoms with E-state index in [2.05, 4.69) is 33.4 Å². The van der Waals surface area contributed by atoms with E-state index in [0.29, 0.717) is 6.42 Å². The molecule has 29 heavy (non-hydrogen) atoms. The van der Waals surface area contributed by atoms with Crippen LogP contribution < -0.4 is 14.8 Å². The van der Waals surface area contributed by atoms with E-state index in [4.69, 9.17) is 14.5 Å². The van der Waals surface area contributed by atoms with Crippen molar-refractivity contribution in [3.63, 3.8) is 0 Å². The number of rotatable bonds is 3. The zero-order chi connectivity index (χ0) is 19.8. The van der Waals surface area contributed by atoms with E-state index in [9.17, 15) is 5.11 Å². The third-order valence-corrected chi connectivity index (χ3v) is 5.72. The monoisotopic (exact) mass is 450 g/mol. The normalized spacial score (nSPS) is 20.4. The second-order valence-corrected chi connectivity index (χ2v) is 8.00. The molecule has 0 saturated heterocycles. The van der Waals surface area contributed by atoms with Crippen LogP contribution in [-0.4, -0.2) is 17.6 Å². The molecule has 2 heterocycles. The summed E-state index contributed by atoms with van der Waals surface area (Å²) in [5.74, 6) is 1.77. The van der Waals surface area contributed by atoms with Crippen molar-refractivity contribution in [3.8, 4) is 17.2 Å². The van der Waals surface area contributed by atoms with Gasteiger partial charge in [-0.15, -0.1) is 0 Å². The molecule has 0 unspecified atom stereocenters. The van der Waals surface area contributed by atoms with E-state index in [1.165, 1.54) is 0 Å². The van der Waals surface area contributed by atoms with Crippen molar-refractivity contribution >= 4 is 21.6 Å². The molecule has 0 radical (unpaired) electrons. The molecule has 146 valence electrons. The van der Waals surface area contributed by atoms with Crippen LogP contribution in [0.5, 0.6) is 17.2 Å².